The van der Waals surface area contributed by atoms with Gasteiger partial charge in [0.25, 0.3) is 0 Å². The molecular formula is C16H22N2. The van der Waals surface area contributed by atoms with Crippen LogP contribution in [0.25, 0.3) is 5.57 Å². The van der Waals surface area contributed by atoms with Gasteiger partial charge in [0.15, 0.2) is 0 Å². The van der Waals surface area contributed by atoms with Crippen molar-refractivity contribution in [3.63, 3.8) is 0 Å². The van der Waals surface area contributed by atoms with Gasteiger partial charge >= 0.3 is 0 Å². The minimum absolute atomic E-state index is 0.00426. The third-order valence-corrected chi connectivity index (χ3v) is 3.71. The first-order valence-electron chi connectivity index (χ1n) is 6.41. The normalized spacial score (nSPS) is 23.3. The molecule has 2 heteroatoms. The van der Waals surface area contributed by atoms with Crippen molar-refractivity contribution in [2.45, 2.75) is 18.9 Å². The Morgan fingerprint density at radius 3 is 2.39 bits per heavy atom. The number of nitrogens with zero attached hydrogens (tertiary/aromatic N) is 1. The predicted octanol–water partition coefficient (Wildman–Crippen LogP) is 2.90. The van der Waals surface area contributed by atoms with E-state index in [1.165, 1.54) is 16.8 Å². The number of hydrogen-bond acceptors (Lipinski definition) is 2. The average molecular weight is 242 g/mol. The highest BCUT2D eigenvalue weighted by Gasteiger charge is 2.32. The Bertz CT molecular complexity index is 471. The summed E-state index contributed by atoms with van der Waals surface area (Å²) in [6, 6.07) is 10.6. The number of likely N-dealkylation sites (N-methyl/N-ethyl adjacent to an activating group) is 2. The first-order chi connectivity index (χ1) is 8.58. The molecule has 0 aromatic heterocycles. The lowest BCUT2D eigenvalue weighted by molar-refractivity contribution is 0.464. The zero-order valence-corrected chi connectivity index (χ0v) is 11.7. The summed E-state index contributed by atoms with van der Waals surface area (Å²) in [6.07, 6.45) is 5.49. The summed E-state index contributed by atoms with van der Waals surface area (Å²) < 4.78 is 0. The summed E-state index contributed by atoms with van der Waals surface area (Å²) in [7, 11) is 6.24. The van der Waals surface area contributed by atoms with Crippen molar-refractivity contribution < 1.29 is 0 Å². The van der Waals surface area contributed by atoms with Crippen molar-refractivity contribution in [2.75, 3.05) is 21.1 Å². The number of benzene rings is 1. The smallest absolute Gasteiger partial charge is 0.0465 e. The molecule has 2 rings (SSSR count). The molecule has 1 aliphatic rings. The van der Waals surface area contributed by atoms with Crippen molar-refractivity contribution >= 4 is 5.57 Å². The van der Waals surface area contributed by atoms with Crippen molar-refractivity contribution in [1.29, 1.82) is 0 Å². The molecule has 0 fully saturated rings. The molecule has 0 spiro atoms. The maximum absolute atomic E-state index is 3.48. The first-order valence-corrected chi connectivity index (χ1v) is 6.41. The Morgan fingerprint density at radius 1 is 1.17 bits per heavy atom. The van der Waals surface area contributed by atoms with Gasteiger partial charge in [-0.25, -0.2) is 0 Å². The van der Waals surface area contributed by atoms with Gasteiger partial charge < -0.3 is 10.2 Å². The lowest BCUT2D eigenvalue weighted by Crippen LogP contribution is -2.43. The van der Waals surface area contributed by atoms with E-state index in [9.17, 15) is 0 Å². The van der Waals surface area contributed by atoms with Crippen LogP contribution in [-0.4, -0.2) is 31.6 Å². The van der Waals surface area contributed by atoms with Crippen LogP contribution in [0.4, 0.5) is 0 Å². The Morgan fingerprint density at radius 2 is 1.83 bits per heavy atom. The van der Waals surface area contributed by atoms with E-state index in [1.54, 1.807) is 0 Å². The molecule has 18 heavy (non-hydrogen) atoms. The van der Waals surface area contributed by atoms with Gasteiger partial charge in [-0.1, -0.05) is 36.4 Å². The van der Waals surface area contributed by atoms with Crippen LogP contribution >= 0.6 is 0 Å². The monoisotopic (exact) mass is 242 g/mol. The highest BCUT2D eigenvalue weighted by atomic mass is 15.1. The van der Waals surface area contributed by atoms with Crippen LogP contribution in [0.3, 0.4) is 0 Å². The van der Waals surface area contributed by atoms with Gasteiger partial charge in [-0.15, -0.1) is 0 Å². The van der Waals surface area contributed by atoms with Crippen LogP contribution in [0.15, 0.2) is 48.2 Å². The van der Waals surface area contributed by atoms with Crippen LogP contribution in [0.2, 0.25) is 0 Å². The summed E-state index contributed by atoms with van der Waals surface area (Å²) in [6.45, 7) is 2.27. The Labute approximate surface area is 110 Å². The molecule has 0 aliphatic heterocycles. The Kier molecular flexibility index (Phi) is 3.58. The standard InChI is InChI=1S/C16H22N2/c1-16(17-2)12-8-11-14(18(3)4)15(16)13-9-6-5-7-10-13/h5-11,17H,12H2,1-4H3. The molecule has 2 nitrogen and oxygen atoms in total. The van der Waals surface area contributed by atoms with Gasteiger partial charge in [-0.2, -0.15) is 0 Å². The molecule has 1 aromatic carbocycles. The zero-order valence-electron chi connectivity index (χ0n) is 11.7. The van der Waals surface area contributed by atoms with E-state index < -0.39 is 0 Å². The van der Waals surface area contributed by atoms with Crippen LogP contribution in [0, 0.1) is 0 Å². The second-order valence-electron chi connectivity index (χ2n) is 5.21. The molecule has 1 aromatic rings. The first kappa shape index (κ1) is 12.9. The maximum atomic E-state index is 3.48. The molecule has 0 saturated carbocycles. The number of nitrogens with one attached hydrogen (secondary N) is 1. The molecule has 0 saturated heterocycles. The highest BCUT2D eigenvalue weighted by Crippen LogP contribution is 2.37. The lowest BCUT2D eigenvalue weighted by atomic mass is 9.79. The third-order valence-electron chi connectivity index (χ3n) is 3.71. The van der Waals surface area contributed by atoms with Crippen molar-refractivity contribution in [1.82, 2.24) is 10.2 Å². The second kappa shape index (κ2) is 4.99. The third kappa shape index (κ3) is 2.21. The lowest BCUT2D eigenvalue weighted by Gasteiger charge is -2.37. The molecular weight excluding hydrogens is 220 g/mol. The van der Waals surface area contributed by atoms with E-state index in [0.717, 1.165) is 6.42 Å². The SMILES string of the molecule is CNC1(C)CC=CC(N(C)C)=C1c1ccccc1. The summed E-state index contributed by atoms with van der Waals surface area (Å²) >= 11 is 0. The minimum atomic E-state index is -0.00426. The van der Waals surface area contributed by atoms with E-state index in [1.807, 2.05) is 7.05 Å². The second-order valence-corrected chi connectivity index (χ2v) is 5.21. The molecule has 0 heterocycles. The molecule has 0 radical (unpaired) electrons. The fraction of sp³-hybridized carbons (Fsp3) is 0.375. The average Bonchev–Trinajstić information content (AvgIpc) is 2.39. The summed E-state index contributed by atoms with van der Waals surface area (Å²) in [4.78, 5) is 2.19. The molecule has 96 valence electrons. The largest absolute Gasteiger partial charge is 0.377 e. The maximum Gasteiger partial charge on any atom is 0.0465 e. The Balaban J connectivity index is 2.62. The van der Waals surface area contributed by atoms with Crippen LogP contribution in [0.1, 0.15) is 18.9 Å². The fourth-order valence-electron chi connectivity index (χ4n) is 2.55. The molecule has 0 amide bonds. The molecule has 0 bridgehead atoms. The van der Waals surface area contributed by atoms with Crippen molar-refractivity contribution in [2.24, 2.45) is 0 Å². The van der Waals surface area contributed by atoms with E-state index in [0.29, 0.717) is 0 Å². The molecule has 1 aliphatic carbocycles. The minimum Gasteiger partial charge on any atom is -0.377 e. The van der Waals surface area contributed by atoms with Crippen LogP contribution in [0.5, 0.6) is 0 Å². The van der Waals surface area contributed by atoms with E-state index in [2.05, 4.69) is 73.7 Å². The van der Waals surface area contributed by atoms with Gasteiger partial charge in [0.2, 0.25) is 0 Å². The van der Waals surface area contributed by atoms with Gasteiger partial charge in [0.1, 0.15) is 0 Å². The summed E-state index contributed by atoms with van der Waals surface area (Å²) in [5.74, 6) is 0. The van der Waals surface area contributed by atoms with Gasteiger partial charge in [-0.05, 0) is 32.0 Å². The zero-order chi connectivity index (χ0) is 13.2. The van der Waals surface area contributed by atoms with E-state index in [-0.39, 0.29) is 5.54 Å². The Hall–Kier alpha value is -1.54. The predicted molar refractivity (Wildman–Crippen MR) is 78.3 cm³/mol. The van der Waals surface area contributed by atoms with Crippen LogP contribution < -0.4 is 5.32 Å². The van der Waals surface area contributed by atoms with Crippen LogP contribution in [-0.2, 0) is 0 Å². The van der Waals surface area contributed by atoms with E-state index >= 15 is 0 Å². The number of allylic oxidation sites excluding steroid dienone is 1. The molecule has 1 unspecified atom stereocenters. The van der Waals surface area contributed by atoms with Crippen molar-refractivity contribution in [3.05, 3.63) is 53.7 Å². The van der Waals surface area contributed by atoms with Gasteiger partial charge in [0.05, 0.1) is 0 Å². The topological polar surface area (TPSA) is 15.3 Å². The summed E-state index contributed by atoms with van der Waals surface area (Å²) in [5.41, 5.74) is 3.94. The molecule has 1 atom stereocenters. The quantitative estimate of drug-likeness (QED) is 0.876. The summed E-state index contributed by atoms with van der Waals surface area (Å²) in [5, 5.41) is 3.48. The number of rotatable bonds is 3. The van der Waals surface area contributed by atoms with Gasteiger partial charge in [0, 0.05) is 30.9 Å². The fourth-order valence-corrected chi connectivity index (χ4v) is 2.55. The van der Waals surface area contributed by atoms with E-state index in [4.69, 9.17) is 0 Å². The molecule has 1 N–H and O–H groups in total. The number of hydrogen-bond donors (Lipinski definition) is 1. The highest BCUT2D eigenvalue weighted by molar-refractivity contribution is 5.78. The van der Waals surface area contributed by atoms with Gasteiger partial charge in [-0.3, -0.25) is 0 Å². The van der Waals surface area contributed by atoms with Crippen molar-refractivity contribution in [3.8, 4) is 0 Å².